The number of H-pyrrole nitrogens is 1. The van der Waals surface area contributed by atoms with Crippen molar-refractivity contribution < 1.29 is 9.53 Å². The van der Waals surface area contributed by atoms with Gasteiger partial charge in [-0.2, -0.15) is 0 Å². The second-order valence-electron chi connectivity index (χ2n) is 5.94. The Morgan fingerprint density at radius 2 is 2.20 bits per heavy atom. The maximum absolute atomic E-state index is 12.5. The summed E-state index contributed by atoms with van der Waals surface area (Å²) in [5.41, 5.74) is 1.19. The molecule has 4 rings (SSSR count). The van der Waals surface area contributed by atoms with Crippen LogP contribution in [0.5, 0.6) is 0 Å². The number of benzene rings is 1. The van der Waals surface area contributed by atoms with Gasteiger partial charge < -0.3 is 15.0 Å². The molecule has 8 nitrogen and oxygen atoms in total. The lowest BCUT2D eigenvalue weighted by molar-refractivity contribution is 0.0855. The number of fused-ring (bicyclic) bond motifs is 1. The van der Waals surface area contributed by atoms with Crippen molar-refractivity contribution in [2.75, 3.05) is 13.2 Å². The Bertz CT molecular complexity index is 957. The molecule has 1 fully saturated rings. The molecule has 1 atom stereocenters. The van der Waals surface area contributed by atoms with Gasteiger partial charge in [-0.1, -0.05) is 35.5 Å². The average molecular weight is 339 g/mol. The number of rotatable bonds is 4. The quantitative estimate of drug-likeness (QED) is 0.738. The predicted octanol–water partition coefficient (Wildman–Crippen LogP) is 0.993. The SMILES string of the molecule is O=C(NC[C@@H]1CCCO1)c1nnn2cc(-c3ccccc3)[nH]c(=O)c12. The topological polar surface area (TPSA) is 101 Å². The molecule has 0 bridgehead atoms. The summed E-state index contributed by atoms with van der Waals surface area (Å²) in [6, 6.07) is 9.41. The summed E-state index contributed by atoms with van der Waals surface area (Å²) < 4.78 is 6.81. The minimum atomic E-state index is -0.427. The molecule has 128 valence electrons. The highest BCUT2D eigenvalue weighted by molar-refractivity contribution is 5.98. The summed E-state index contributed by atoms with van der Waals surface area (Å²) in [5, 5.41) is 10.6. The molecule has 1 saturated heterocycles. The zero-order valence-corrected chi connectivity index (χ0v) is 13.4. The molecule has 1 amide bonds. The molecule has 2 aromatic heterocycles. The normalized spacial score (nSPS) is 17.0. The van der Waals surface area contributed by atoms with E-state index in [0.717, 1.165) is 25.0 Å². The number of ether oxygens (including phenoxy) is 1. The van der Waals surface area contributed by atoms with E-state index in [1.165, 1.54) is 4.52 Å². The number of nitrogens with zero attached hydrogens (tertiary/aromatic N) is 3. The molecule has 1 aliphatic heterocycles. The van der Waals surface area contributed by atoms with Crippen LogP contribution in [-0.4, -0.2) is 45.0 Å². The van der Waals surface area contributed by atoms with Crippen molar-refractivity contribution in [1.29, 1.82) is 0 Å². The van der Waals surface area contributed by atoms with E-state index in [0.29, 0.717) is 12.2 Å². The number of carbonyl (C=O) groups is 1. The van der Waals surface area contributed by atoms with Crippen LogP contribution in [0.3, 0.4) is 0 Å². The van der Waals surface area contributed by atoms with E-state index in [-0.39, 0.29) is 17.3 Å². The fraction of sp³-hybridized carbons (Fsp3) is 0.294. The maximum atomic E-state index is 12.5. The molecule has 3 heterocycles. The van der Waals surface area contributed by atoms with Crippen molar-refractivity contribution in [2.45, 2.75) is 18.9 Å². The van der Waals surface area contributed by atoms with Gasteiger partial charge in [-0.15, -0.1) is 5.10 Å². The van der Waals surface area contributed by atoms with Crippen LogP contribution < -0.4 is 10.9 Å². The number of aromatic amines is 1. The van der Waals surface area contributed by atoms with Gasteiger partial charge in [0.2, 0.25) is 0 Å². The third-order valence-corrected chi connectivity index (χ3v) is 4.22. The van der Waals surface area contributed by atoms with Gasteiger partial charge in [0.1, 0.15) is 0 Å². The van der Waals surface area contributed by atoms with Crippen LogP contribution in [0.4, 0.5) is 0 Å². The largest absolute Gasteiger partial charge is 0.376 e. The van der Waals surface area contributed by atoms with Crippen LogP contribution in [0, 0.1) is 0 Å². The zero-order chi connectivity index (χ0) is 17.2. The lowest BCUT2D eigenvalue weighted by atomic mass is 10.2. The first-order chi connectivity index (χ1) is 12.2. The van der Waals surface area contributed by atoms with Crippen LogP contribution in [-0.2, 0) is 4.74 Å². The van der Waals surface area contributed by atoms with E-state index in [1.807, 2.05) is 30.3 Å². The van der Waals surface area contributed by atoms with E-state index >= 15 is 0 Å². The fourth-order valence-electron chi connectivity index (χ4n) is 2.94. The van der Waals surface area contributed by atoms with Crippen LogP contribution >= 0.6 is 0 Å². The maximum Gasteiger partial charge on any atom is 0.276 e. The van der Waals surface area contributed by atoms with E-state index in [2.05, 4.69) is 20.6 Å². The summed E-state index contributed by atoms with van der Waals surface area (Å²) in [7, 11) is 0. The molecular formula is C17H17N5O3. The molecule has 3 aromatic rings. The molecule has 0 saturated carbocycles. The van der Waals surface area contributed by atoms with Crippen LogP contribution in [0.25, 0.3) is 16.8 Å². The smallest absolute Gasteiger partial charge is 0.276 e. The average Bonchev–Trinajstić information content (AvgIpc) is 3.30. The highest BCUT2D eigenvalue weighted by Crippen LogP contribution is 2.15. The summed E-state index contributed by atoms with van der Waals surface area (Å²) in [6.07, 6.45) is 3.59. The molecule has 0 radical (unpaired) electrons. The summed E-state index contributed by atoms with van der Waals surface area (Å²) >= 11 is 0. The Morgan fingerprint density at radius 1 is 1.36 bits per heavy atom. The van der Waals surface area contributed by atoms with Gasteiger partial charge in [0.15, 0.2) is 11.2 Å². The number of aromatic nitrogens is 4. The van der Waals surface area contributed by atoms with Gasteiger partial charge in [-0.25, -0.2) is 4.52 Å². The van der Waals surface area contributed by atoms with Crippen LogP contribution in [0.1, 0.15) is 23.3 Å². The molecule has 0 aliphatic carbocycles. The van der Waals surface area contributed by atoms with E-state index in [1.54, 1.807) is 6.20 Å². The third kappa shape index (κ3) is 3.03. The Labute approximate surface area is 142 Å². The summed E-state index contributed by atoms with van der Waals surface area (Å²) in [6.45, 7) is 1.12. The molecular weight excluding hydrogens is 322 g/mol. The van der Waals surface area contributed by atoms with Crippen LogP contribution in [0.2, 0.25) is 0 Å². The lowest BCUT2D eigenvalue weighted by Crippen LogP contribution is -2.32. The number of carbonyl (C=O) groups excluding carboxylic acids is 1. The monoisotopic (exact) mass is 339 g/mol. The third-order valence-electron chi connectivity index (χ3n) is 4.22. The van der Waals surface area contributed by atoms with E-state index in [9.17, 15) is 9.59 Å². The van der Waals surface area contributed by atoms with Gasteiger partial charge in [-0.05, 0) is 18.4 Å². The van der Waals surface area contributed by atoms with Crippen molar-refractivity contribution in [1.82, 2.24) is 25.1 Å². The molecule has 1 aromatic carbocycles. The van der Waals surface area contributed by atoms with Gasteiger partial charge in [0.05, 0.1) is 18.0 Å². The first-order valence-corrected chi connectivity index (χ1v) is 8.16. The molecule has 0 unspecified atom stereocenters. The van der Waals surface area contributed by atoms with E-state index < -0.39 is 11.5 Å². The molecule has 1 aliphatic rings. The van der Waals surface area contributed by atoms with Crippen molar-refractivity contribution >= 4 is 11.4 Å². The molecule has 8 heteroatoms. The van der Waals surface area contributed by atoms with Crippen molar-refractivity contribution in [3.8, 4) is 11.3 Å². The molecule has 25 heavy (non-hydrogen) atoms. The van der Waals surface area contributed by atoms with Crippen LogP contribution in [0.15, 0.2) is 41.3 Å². The zero-order valence-electron chi connectivity index (χ0n) is 13.4. The standard InChI is InChI=1S/C17H17N5O3/c23-16(18-9-12-7-4-8-25-12)14-15-17(24)19-13(10-22(15)21-20-14)11-5-2-1-3-6-11/h1-3,5-6,10,12H,4,7-9H2,(H,18,23)(H,19,24)/t12-/m0/s1. The second-order valence-corrected chi connectivity index (χ2v) is 5.94. The van der Waals surface area contributed by atoms with E-state index in [4.69, 9.17) is 4.74 Å². The lowest BCUT2D eigenvalue weighted by Gasteiger charge is -2.09. The number of hydrogen-bond acceptors (Lipinski definition) is 5. The Balaban J connectivity index is 1.63. The summed E-state index contributed by atoms with van der Waals surface area (Å²) in [4.78, 5) is 27.6. The predicted molar refractivity (Wildman–Crippen MR) is 90.4 cm³/mol. The highest BCUT2D eigenvalue weighted by atomic mass is 16.5. The second kappa shape index (κ2) is 6.48. The molecule has 2 N–H and O–H groups in total. The Morgan fingerprint density at radius 3 is 2.96 bits per heavy atom. The van der Waals surface area contributed by atoms with Gasteiger partial charge >= 0.3 is 0 Å². The molecule has 0 spiro atoms. The Hall–Kier alpha value is -3.00. The highest BCUT2D eigenvalue weighted by Gasteiger charge is 2.21. The van der Waals surface area contributed by atoms with Crippen molar-refractivity contribution in [2.24, 2.45) is 0 Å². The first kappa shape index (κ1) is 15.5. The van der Waals surface area contributed by atoms with Gasteiger partial charge in [0, 0.05) is 13.2 Å². The number of amides is 1. The van der Waals surface area contributed by atoms with Crippen molar-refractivity contribution in [3.63, 3.8) is 0 Å². The van der Waals surface area contributed by atoms with Gasteiger partial charge in [-0.3, -0.25) is 9.59 Å². The minimum absolute atomic E-state index is 0.0128. The van der Waals surface area contributed by atoms with Crippen molar-refractivity contribution in [3.05, 3.63) is 52.6 Å². The number of nitrogens with one attached hydrogen (secondary N) is 2. The Kier molecular flexibility index (Phi) is 4.02. The van der Waals surface area contributed by atoms with Gasteiger partial charge in [0.25, 0.3) is 11.5 Å². The minimum Gasteiger partial charge on any atom is -0.376 e. The fourth-order valence-corrected chi connectivity index (χ4v) is 2.94. The summed E-state index contributed by atoms with van der Waals surface area (Å²) in [5.74, 6) is -0.427. The number of hydrogen-bond donors (Lipinski definition) is 2. The first-order valence-electron chi connectivity index (χ1n) is 8.16.